The number of hydrogen-bond donors (Lipinski definition) is 0. The lowest BCUT2D eigenvalue weighted by molar-refractivity contribution is 0.207. The number of nitrogens with zero attached hydrogens (tertiary/aromatic N) is 2. The van der Waals surface area contributed by atoms with Gasteiger partial charge in [0.25, 0.3) is 0 Å². The van der Waals surface area contributed by atoms with Gasteiger partial charge in [-0.3, -0.25) is 4.90 Å². The Balaban J connectivity index is 2.16. The number of hydrogen-bond acceptors (Lipinski definition) is 3. The zero-order valence-electron chi connectivity index (χ0n) is 10.7. The van der Waals surface area contributed by atoms with E-state index in [1.807, 2.05) is 4.90 Å². The van der Waals surface area contributed by atoms with Gasteiger partial charge in [0, 0.05) is 26.2 Å². The molecule has 108 valence electrons. The molecule has 1 fully saturated rings. The average molecular weight is 361 g/mol. The van der Waals surface area contributed by atoms with E-state index in [2.05, 4.69) is 21.9 Å². The highest BCUT2D eigenvalue weighted by Gasteiger charge is 2.28. The molecule has 1 aliphatic rings. The van der Waals surface area contributed by atoms with Crippen LogP contribution in [0.3, 0.4) is 0 Å². The number of rotatable bonds is 3. The number of benzene rings is 1. The van der Waals surface area contributed by atoms with Crippen molar-refractivity contribution in [2.24, 2.45) is 0 Å². The van der Waals surface area contributed by atoms with Gasteiger partial charge in [-0.1, -0.05) is 5.92 Å². The maximum absolute atomic E-state index is 13.5. The highest BCUT2D eigenvalue weighted by Crippen LogP contribution is 2.22. The van der Waals surface area contributed by atoms with Crippen LogP contribution >= 0.6 is 15.9 Å². The van der Waals surface area contributed by atoms with E-state index in [1.165, 1.54) is 16.4 Å². The molecule has 20 heavy (non-hydrogen) atoms. The van der Waals surface area contributed by atoms with Crippen LogP contribution < -0.4 is 0 Å². The van der Waals surface area contributed by atoms with Crippen molar-refractivity contribution in [1.82, 2.24) is 9.21 Å². The third-order valence-electron chi connectivity index (χ3n) is 3.17. The molecular weight excluding hydrogens is 347 g/mol. The molecule has 1 aromatic rings. The maximum atomic E-state index is 13.5. The van der Waals surface area contributed by atoms with Gasteiger partial charge in [0.1, 0.15) is 5.82 Å². The van der Waals surface area contributed by atoms with Gasteiger partial charge in [0.05, 0.1) is 15.9 Å². The van der Waals surface area contributed by atoms with Crippen LogP contribution in [0.1, 0.15) is 0 Å². The van der Waals surface area contributed by atoms with Crippen LogP contribution in [0.4, 0.5) is 4.39 Å². The van der Waals surface area contributed by atoms with Crippen LogP contribution in [-0.2, 0) is 10.0 Å². The summed E-state index contributed by atoms with van der Waals surface area (Å²) >= 11 is 3.01. The SMILES string of the molecule is C#CCN1CCN(S(=O)(=O)c2ccc(Br)c(F)c2)CC1. The van der Waals surface area contributed by atoms with E-state index in [-0.39, 0.29) is 9.37 Å². The van der Waals surface area contributed by atoms with Crippen molar-refractivity contribution < 1.29 is 12.8 Å². The van der Waals surface area contributed by atoms with E-state index in [1.54, 1.807) is 0 Å². The van der Waals surface area contributed by atoms with Gasteiger partial charge in [-0.25, -0.2) is 12.8 Å². The molecule has 0 radical (unpaired) electrons. The first kappa shape index (κ1) is 15.4. The molecular formula is C13H14BrFN2O2S. The average Bonchev–Trinajstić information content (AvgIpc) is 2.43. The minimum Gasteiger partial charge on any atom is -0.290 e. The minimum absolute atomic E-state index is 0.0244. The number of halogens is 2. The van der Waals surface area contributed by atoms with Crippen LogP contribution in [0.25, 0.3) is 0 Å². The van der Waals surface area contributed by atoms with Gasteiger partial charge in [-0.2, -0.15) is 4.31 Å². The van der Waals surface area contributed by atoms with Crippen molar-refractivity contribution >= 4 is 26.0 Å². The number of sulfonamides is 1. The van der Waals surface area contributed by atoms with E-state index >= 15 is 0 Å². The Morgan fingerprint density at radius 3 is 2.50 bits per heavy atom. The lowest BCUT2D eigenvalue weighted by atomic mass is 10.3. The summed E-state index contributed by atoms with van der Waals surface area (Å²) in [5.41, 5.74) is 0. The molecule has 0 saturated carbocycles. The fourth-order valence-corrected chi connectivity index (χ4v) is 3.72. The Labute approximate surface area is 126 Å². The summed E-state index contributed by atoms with van der Waals surface area (Å²) in [5, 5.41) is 0. The van der Waals surface area contributed by atoms with Crippen molar-refractivity contribution in [3.8, 4) is 12.3 Å². The van der Waals surface area contributed by atoms with Gasteiger partial charge in [0.15, 0.2) is 0 Å². The molecule has 4 nitrogen and oxygen atoms in total. The first-order valence-corrected chi connectivity index (χ1v) is 8.29. The topological polar surface area (TPSA) is 40.6 Å². The van der Waals surface area contributed by atoms with Gasteiger partial charge < -0.3 is 0 Å². The maximum Gasteiger partial charge on any atom is 0.243 e. The third kappa shape index (κ3) is 3.20. The molecule has 2 rings (SSSR count). The van der Waals surface area contributed by atoms with E-state index in [0.717, 1.165) is 6.07 Å². The fourth-order valence-electron chi connectivity index (χ4n) is 2.04. The second-order valence-corrected chi connectivity index (χ2v) is 7.25. The molecule has 0 aliphatic carbocycles. The smallest absolute Gasteiger partial charge is 0.243 e. The van der Waals surface area contributed by atoms with Crippen LogP contribution in [-0.4, -0.2) is 50.3 Å². The molecule has 1 saturated heterocycles. The van der Waals surface area contributed by atoms with Gasteiger partial charge in [-0.15, -0.1) is 6.42 Å². The summed E-state index contributed by atoms with van der Waals surface area (Å²) in [6, 6.07) is 3.83. The standard InChI is InChI=1S/C13H14BrFN2O2S/c1-2-5-16-6-8-17(9-7-16)20(18,19)11-3-4-12(14)13(15)10-11/h1,3-4,10H,5-9H2. The van der Waals surface area contributed by atoms with Crippen LogP contribution in [0, 0.1) is 18.2 Å². The second-order valence-electron chi connectivity index (χ2n) is 4.46. The van der Waals surface area contributed by atoms with Crippen molar-refractivity contribution in [2.45, 2.75) is 4.90 Å². The molecule has 1 heterocycles. The molecule has 1 aliphatic heterocycles. The first-order valence-electron chi connectivity index (χ1n) is 6.06. The molecule has 7 heteroatoms. The molecule has 0 atom stereocenters. The summed E-state index contributed by atoms with van der Waals surface area (Å²) in [6.45, 7) is 2.41. The molecule has 0 spiro atoms. The largest absolute Gasteiger partial charge is 0.290 e. The zero-order chi connectivity index (χ0) is 14.8. The molecule has 0 N–H and O–H groups in total. The quantitative estimate of drug-likeness (QED) is 0.767. The Bertz CT molecular complexity index is 634. The van der Waals surface area contributed by atoms with E-state index in [4.69, 9.17) is 6.42 Å². The monoisotopic (exact) mass is 360 g/mol. The molecule has 0 bridgehead atoms. The predicted octanol–water partition coefficient (Wildman–Crippen LogP) is 1.53. The summed E-state index contributed by atoms with van der Waals surface area (Å²) in [5.74, 6) is 1.95. The normalized spacial score (nSPS) is 17.9. The highest BCUT2D eigenvalue weighted by molar-refractivity contribution is 9.10. The van der Waals surface area contributed by atoms with Gasteiger partial charge in [-0.05, 0) is 34.1 Å². The van der Waals surface area contributed by atoms with Crippen molar-refractivity contribution in [2.75, 3.05) is 32.7 Å². The Kier molecular flexibility index (Phi) is 4.81. The molecule has 0 aromatic heterocycles. The van der Waals surface area contributed by atoms with Gasteiger partial charge >= 0.3 is 0 Å². The summed E-state index contributed by atoms with van der Waals surface area (Å²) in [7, 11) is -3.65. The van der Waals surface area contributed by atoms with Gasteiger partial charge in [0.2, 0.25) is 10.0 Å². The van der Waals surface area contributed by atoms with E-state index in [0.29, 0.717) is 32.7 Å². The number of terminal acetylenes is 1. The van der Waals surface area contributed by atoms with E-state index < -0.39 is 15.8 Å². The van der Waals surface area contributed by atoms with Crippen molar-refractivity contribution in [1.29, 1.82) is 0 Å². The first-order chi connectivity index (χ1) is 9.45. The molecule has 0 unspecified atom stereocenters. The summed E-state index contributed by atoms with van der Waals surface area (Å²) < 4.78 is 39.9. The Morgan fingerprint density at radius 2 is 1.95 bits per heavy atom. The Morgan fingerprint density at radius 1 is 1.30 bits per heavy atom. The van der Waals surface area contributed by atoms with Crippen LogP contribution in [0.5, 0.6) is 0 Å². The minimum atomic E-state index is -3.65. The van der Waals surface area contributed by atoms with Crippen molar-refractivity contribution in [3.05, 3.63) is 28.5 Å². The molecule has 0 amide bonds. The third-order valence-corrected chi connectivity index (χ3v) is 5.71. The predicted molar refractivity (Wildman–Crippen MR) is 78.1 cm³/mol. The van der Waals surface area contributed by atoms with Crippen molar-refractivity contribution in [3.63, 3.8) is 0 Å². The highest BCUT2D eigenvalue weighted by atomic mass is 79.9. The Hall–Kier alpha value is -0.940. The van der Waals surface area contributed by atoms with Crippen LogP contribution in [0.2, 0.25) is 0 Å². The lowest BCUT2D eigenvalue weighted by Gasteiger charge is -2.32. The lowest BCUT2D eigenvalue weighted by Crippen LogP contribution is -2.48. The second kappa shape index (κ2) is 6.22. The van der Waals surface area contributed by atoms with Crippen LogP contribution in [0.15, 0.2) is 27.6 Å². The summed E-state index contributed by atoms with van der Waals surface area (Å²) in [4.78, 5) is 1.98. The fraction of sp³-hybridized carbons (Fsp3) is 0.385. The van der Waals surface area contributed by atoms with E-state index in [9.17, 15) is 12.8 Å². The number of piperazine rings is 1. The zero-order valence-corrected chi connectivity index (χ0v) is 13.1. The molecule has 1 aromatic carbocycles. The summed E-state index contributed by atoms with van der Waals surface area (Å²) in [6.07, 6.45) is 5.23.